The first-order valence-electron chi connectivity index (χ1n) is 9.77. The maximum Gasteiger partial charge on any atom is 0.261 e. The summed E-state index contributed by atoms with van der Waals surface area (Å²) in [5.74, 6) is 0.955. The first-order valence-corrected chi connectivity index (χ1v) is 11.3. The lowest BCUT2D eigenvalue weighted by Gasteiger charge is -2.19. The third-order valence-corrected chi connectivity index (χ3v) is 6.12. The molecule has 160 valence electrons. The highest BCUT2D eigenvalue weighted by Crippen LogP contribution is 2.30. The summed E-state index contributed by atoms with van der Waals surface area (Å²) >= 11 is 0. The molecule has 0 atom stereocenters. The van der Waals surface area contributed by atoms with Crippen LogP contribution in [-0.2, 0) is 16.6 Å². The molecule has 1 amide bonds. The topological polar surface area (TPSA) is 93.7 Å². The first kappa shape index (κ1) is 20.7. The lowest BCUT2D eigenvalue weighted by atomic mass is 10.1. The summed E-state index contributed by atoms with van der Waals surface area (Å²) in [6, 6.07) is 18.5. The maximum absolute atomic E-state index is 12.7. The summed E-state index contributed by atoms with van der Waals surface area (Å²) < 4.78 is 39.1. The van der Waals surface area contributed by atoms with Gasteiger partial charge in [-0.2, -0.15) is 0 Å². The van der Waals surface area contributed by atoms with E-state index in [4.69, 9.17) is 9.47 Å². The summed E-state index contributed by atoms with van der Waals surface area (Å²) in [6.45, 7) is 3.15. The fourth-order valence-electron chi connectivity index (χ4n) is 3.21. The molecule has 4 rings (SSSR count). The molecule has 1 aliphatic heterocycles. The molecule has 2 N–H and O–H groups in total. The molecule has 3 aromatic carbocycles. The van der Waals surface area contributed by atoms with Gasteiger partial charge in [0.1, 0.15) is 13.2 Å². The molecule has 0 spiro atoms. The SMILES string of the molecule is Cc1cccc(NS(=O)(=O)c2cccc(C(=O)NCc3ccc4c(c3)OCCO4)c2)c1. The molecule has 0 bridgehead atoms. The van der Waals surface area contributed by atoms with Crippen LogP contribution in [0.4, 0.5) is 5.69 Å². The summed E-state index contributed by atoms with van der Waals surface area (Å²) in [4.78, 5) is 12.6. The maximum atomic E-state index is 12.7. The van der Waals surface area contributed by atoms with Gasteiger partial charge in [0.2, 0.25) is 0 Å². The Morgan fingerprint density at radius 1 is 0.935 bits per heavy atom. The Labute approximate surface area is 181 Å². The van der Waals surface area contributed by atoms with Crippen LogP contribution in [0.25, 0.3) is 0 Å². The third-order valence-electron chi connectivity index (χ3n) is 4.74. The van der Waals surface area contributed by atoms with Gasteiger partial charge in [0.15, 0.2) is 11.5 Å². The van der Waals surface area contributed by atoms with Gasteiger partial charge in [0.25, 0.3) is 15.9 Å². The Hall–Kier alpha value is -3.52. The Kier molecular flexibility index (Phi) is 5.81. The highest BCUT2D eigenvalue weighted by Gasteiger charge is 2.17. The number of nitrogens with one attached hydrogen (secondary N) is 2. The predicted octanol–water partition coefficient (Wildman–Crippen LogP) is 3.50. The van der Waals surface area contributed by atoms with Gasteiger partial charge in [-0.1, -0.05) is 24.3 Å². The van der Waals surface area contributed by atoms with Crippen LogP contribution >= 0.6 is 0 Å². The van der Waals surface area contributed by atoms with Gasteiger partial charge >= 0.3 is 0 Å². The minimum absolute atomic E-state index is 0.0148. The Morgan fingerprint density at radius 2 is 1.71 bits per heavy atom. The van der Waals surface area contributed by atoms with Crippen LogP contribution in [-0.4, -0.2) is 27.5 Å². The van der Waals surface area contributed by atoms with Crippen molar-refractivity contribution < 1.29 is 22.7 Å². The number of hydrogen-bond donors (Lipinski definition) is 2. The number of ether oxygens (including phenoxy) is 2. The highest BCUT2D eigenvalue weighted by molar-refractivity contribution is 7.92. The first-order chi connectivity index (χ1) is 14.9. The van der Waals surface area contributed by atoms with Gasteiger partial charge in [-0.05, 0) is 60.5 Å². The molecule has 8 heteroatoms. The zero-order valence-corrected chi connectivity index (χ0v) is 17.7. The molecule has 0 unspecified atom stereocenters. The van der Waals surface area contributed by atoms with Crippen LogP contribution in [0.15, 0.2) is 71.6 Å². The number of anilines is 1. The summed E-state index contributed by atoms with van der Waals surface area (Å²) in [5, 5.41) is 2.81. The summed E-state index contributed by atoms with van der Waals surface area (Å²) in [5.41, 5.74) is 2.51. The molecule has 31 heavy (non-hydrogen) atoms. The van der Waals surface area contributed by atoms with Crippen molar-refractivity contribution in [1.82, 2.24) is 5.32 Å². The number of carbonyl (C=O) groups is 1. The van der Waals surface area contributed by atoms with E-state index in [-0.39, 0.29) is 22.9 Å². The van der Waals surface area contributed by atoms with E-state index in [0.29, 0.717) is 30.4 Å². The molecule has 1 heterocycles. The van der Waals surface area contributed by atoms with Crippen LogP contribution in [0, 0.1) is 6.92 Å². The standard InChI is InChI=1S/C23H22N2O5S/c1-16-4-2-6-19(12-16)25-31(27,28)20-7-3-5-18(14-20)23(26)24-15-17-8-9-21-22(13-17)30-11-10-29-21/h2-9,12-14,25H,10-11,15H2,1H3,(H,24,26). The quantitative estimate of drug-likeness (QED) is 0.614. The van der Waals surface area contributed by atoms with Crippen LogP contribution in [0.3, 0.4) is 0 Å². The van der Waals surface area contributed by atoms with E-state index in [1.165, 1.54) is 12.1 Å². The molecule has 0 aliphatic carbocycles. The van der Waals surface area contributed by atoms with Crippen molar-refractivity contribution in [1.29, 1.82) is 0 Å². The van der Waals surface area contributed by atoms with E-state index in [1.807, 2.05) is 25.1 Å². The molecule has 0 aromatic heterocycles. The van der Waals surface area contributed by atoms with Gasteiger partial charge in [0.05, 0.1) is 4.90 Å². The van der Waals surface area contributed by atoms with Crippen molar-refractivity contribution in [3.63, 3.8) is 0 Å². The van der Waals surface area contributed by atoms with E-state index in [0.717, 1.165) is 11.1 Å². The smallest absolute Gasteiger partial charge is 0.261 e. The molecule has 0 saturated heterocycles. The molecule has 1 aliphatic rings. The minimum atomic E-state index is -3.82. The van der Waals surface area contributed by atoms with Crippen molar-refractivity contribution >= 4 is 21.6 Å². The number of aryl methyl sites for hydroxylation is 1. The van der Waals surface area contributed by atoms with Crippen molar-refractivity contribution in [3.05, 3.63) is 83.4 Å². The normalized spacial score (nSPS) is 12.8. The number of amides is 1. The lowest BCUT2D eigenvalue weighted by molar-refractivity contribution is 0.0950. The molecular weight excluding hydrogens is 416 g/mol. The zero-order chi connectivity index (χ0) is 21.8. The minimum Gasteiger partial charge on any atom is -0.486 e. The zero-order valence-electron chi connectivity index (χ0n) is 16.9. The third kappa shape index (κ3) is 4.97. The number of hydrogen-bond acceptors (Lipinski definition) is 5. The highest BCUT2D eigenvalue weighted by atomic mass is 32.2. The lowest BCUT2D eigenvalue weighted by Crippen LogP contribution is -2.23. The predicted molar refractivity (Wildman–Crippen MR) is 117 cm³/mol. The van der Waals surface area contributed by atoms with Crippen LogP contribution in [0.1, 0.15) is 21.5 Å². The van der Waals surface area contributed by atoms with E-state index < -0.39 is 10.0 Å². The molecule has 3 aromatic rings. The second kappa shape index (κ2) is 8.69. The molecule has 0 fully saturated rings. The fourth-order valence-corrected chi connectivity index (χ4v) is 4.30. The second-order valence-corrected chi connectivity index (χ2v) is 8.85. The average Bonchev–Trinajstić information content (AvgIpc) is 2.77. The second-order valence-electron chi connectivity index (χ2n) is 7.16. The molecule has 0 radical (unpaired) electrons. The number of sulfonamides is 1. The number of rotatable bonds is 6. The van der Waals surface area contributed by atoms with E-state index >= 15 is 0 Å². The van der Waals surface area contributed by atoms with Gasteiger partial charge in [-0.15, -0.1) is 0 Å². The van der Waals surface area contributed by atoms with Gasteiger partial charge in [-0.3, -0.25) is 9.52 Å². The van der Waals surface area contributed by atoms with E-state index in [2.05, 4.69) is 10.0 Å². The van der Waals surface area contributed by atoms with E-state index in [9.17, 15) is 13.2 Å². The van der Waals surface area contributed by atoms with Crippen LogP contribution in [0.2, 0.25) is 0 Å². The van der Waals surface area contributed by atoms with Crippen LogP contribution < -0.4 is 19.5 Å². The number of carbonyl (C=O) groups excluding carboxylic acids is 1. The Morgan fingerprint density at radius 3 is 2.52 bits per heavy atom. The Bertz CT molecular complexity index is 1220. The summed E-state index contributed by atoms with van der Waals surface area (Å²) in [6.07, 6.45) is 0. The summed E-state index contributed by atoms with van der Waals surface area (Å²) in [7, 11) is -3.82. The number of fused-ring (bicyclic) bond motifs is 1. The van der Waals surface area contributed by atoms with Crippen molar-refractivity contribution in [3.8, 4) is 11.5 Å². The van der Waals surface area contributed by atoms with Crippen LogP contribution in [0.5, 0.6) is 11.5 Å². The molecular formula is C23H22N2O5S. The van der Waals surface area contributed by atoms with Gasteiger partial charge in [0, 0.05) is 17.8 Å². The van der Waals surface area contributed by atoms with Gasteiger partial charge < -0.3 is 14.8 Å². The van der Waals surface area contributed by atoms with Gasteiger partial charge in [-0.25, -0.2) is 8.42 Å². The van der Waals surface area contributed by atoms with Crippen molar-refractivity contribution in [2.75, 3.05) is 17.9 Å². The fraction of sp³-hybridized carbons (Fsp3) is 0.174. The average molecular weight is 439 g/mol. The Balaban J connectivity index is 1.45. The number of benzene rings is 3. The molecule has 7 nitrogen and oxygen atoms in total. The van der Waals surface area contributed by atoms with Crippen molar-refractivity contribution in [2.45, 2.75) is 18.4 Å². The van der Waals surface area contributed by atoms with E-state index in [1.54, 1.807) is 36.4 Å². The molecule has 0 saturated carbocycles. The monoisotopic (exact) mass is 438 g/mol. The largest absolute Gasteiger partial charge is 0.486 e. The van der Waals surface area contributed by atoms with Crippen molar-refractivity contribution in [2.24, 2.45) is 0 Å².